The number of hydrogen-bond acceptors (Lipinski definition) is 4. The minimum atomic E-state index is 0.577. The number of aldehydes is 1. The zero-order chi connectivity index (χ0) is 13.9. The number of hydrogen-bond donors (Lipinski definition) is 0. The van der Waals surface area contributed by atoms with Crippen molar-refractivity contribution in [3.8, 4) is 10.7 Å². The first-order valence-corrected chi connectivity index (χ1v) is 7.13. The van der Waals surface area contributed by atoms with E-state index in [0.29, 0.717) is 17.8 Å². The molecule has 100 valence electrons. The Labute approximate surface area is 120 Å². The summed E-state index contributed by atoms with van der Waals surface area (Å²) in [5.41, 5.74) is 3.64. The molecular weight excluding hydrogens is 270 g/mol. The molecule has 5 heteroatoms. The van der Waals surface area contributed by atoms with E-state index >= 15 is 0 Å². The molecule has 20 heavy (non-hydrogen) atoms. The Hall–Kier alpha value is -2.27. The maximum Gasteiger partial charge on any atom is 0.153 e. The van der Waals surface area contributed by atoms with Gasteiger partial charge in [0.25, 0.3) is 0 Å². The highest BCUT2D eigenvalue weighted by atomic mass is 32.1. The first kappa shape index (κ1) is 12.7. The number of benzene rings is 1. The summed E-state index contributed by atoms with van der Waals surface area (Å²) < 4.78 is 1.79. The van der Waals surface area contributed by atoms with Gasteiger partial charge in [-0.25, -0.2) is 4.98 Å². The topological polar surface area (TPSA) is 47.8 Å². The second kappa shape index (κ2) is 5.38. The normalized spacial score (nSPS) is 10.7. The number of nitrogens with zero attached hydrogens (tertiary/aromatic N) is 3. The smallest absolute Gasteiger partial charge is 0.153 e. The third-order valence-corrected chi connectivity index (χ3v) is 3.93. The summed E-state index contributed by atoms with van der Waals surface area (Å²) in [6.07, 6.45) is 4.32. The molecule has 0 unspecified atom stereocenters. The van der Waals surface area contributed by atoms with Crippen LogP contribution in [0.25, 0.3) is 10.7 Å². The summed E-state index contributed by atoms with van der Waals surface area (Å²) in [5, 5.41) is 7.15. The van der Waals surface area contributed by atoms with Crippen molar-refractivity contribution < 1.29 is 4.79 Å². The molecule has 1 aromatic carbocycles. The molecule has 0 N–H and O–H groups in total. The van der Waals surface area contributed by atoms with Gasteiger partial charge in [0.05, 0.1) is 12.1 Å². The largest absolute Gasteiger partial charge is 0.298 e. The molecule has 2 heterocycles. The van der Waals surface area contributed by atoms with Crippen LogP contribution in [-0.4, -0.2) is 21.1 Å². The van der Waals surface area contributed by atoms with Crippen LogP contribution in [0.3, 0.4) is 0 Å². The molecule has 0 spiro atoms. The first-order chi connectivity index (χ1) is 9.78. The van der Waals surface area contributed by atoms with E-state index < -0.39 is 0 Å². The predicted octanol–water partition coefficient (Wildman–Crippen LogP) is 3.18. The Morgan fingerprint density at radius 3 is 2.90 bits per heavy atom. The Bertz CT molecular complexity index is 731. The summed E-state index contributed by atoms with van der Waals surface area (Å²) in [4.78, 5) is 15.4. The second-order valence-corrected chi connectivity index (χ2v) is 5.41. The molecule has 0 saturated carbocycles. The standard InChI is InChI=1S/C15H13N3OS/c1-11-4-2-3-5-12(11)8-18-9-13(10-19)14(17-18)15-16-6-7-20-15/h2-7,9-10H,8H2,1H3. The van der Waals surface area contributed by atoms with E-state index in [1.807, 2.05) is 17.5 Å². The van der Waals surface area contributed by atoms with Crippen molar-refractivity contribution in [3.63, 3.8) is 0 Å². The molecule has 3 rings (SSSR count). The zero-order valence-electron chi connectivity index (χ0n) is 11.0. The third-order valence-electron chi connectivity index (χ3n) is 3.15. The number of thiazole rings is 1. The van der Waals surface area contributed by atoms with Crippen LogP contribution in [0, 0.1) is 6.92 Å². The molecule has 0 radical (unpaired) electrons. The number of aromatic nitrogens is 3. The lowest BCUT2D eigenvalue weighted by molar-refractivity contribution is 0.112. The summed E-state index contributed by atoms with van der Waals surface area (Å²) in [7, 11) is 0. The van der Waals surface area contributed by atoms with Crippen molar-refractivity contribution in [2.75, 3.05) is 0 Å². The first-order valence-electron chi connectivity index (χ1n) is 6.25. The van der Waals surface area contributed by atoms with Gasteiger partial charge in [0.15, 0.2) is 6.29 Å². The monoisotopic (exact) mass is 283 g/mol. The SMILES string of the molecule is Cc1ccccc1Cn1cc(C=O)c(-c2nccs2)n1. The van der Waals surface area contributed by atoms with Crippen molar-refractivity contribution in [3.05, 3.63) is 58.7 Å². The fourth-order valence-electron chi connectivity index (χ4n) is 2.07. The summed E-state index contributed by atoms with van der Waals surface area (Å²) in [6.45, 7) is 2.72. The van der Waals surface area contributed by atoms with Crippen molar-refractivity contribution >= 4 is 17.6 Å². The van der Waals surface area contributed by atoms with Gasteiger partial charge in [-0.05, 0) is 18.1 Å². The van der Waals surface area contributed by atoms with Crippen molar-refractivity contribution in [2.45, 2.75) is 13.5 Å². The highest BCUT2D eigenvalue weighted by molar-refractivity contribution is 7.13. The lowest BCUT2D eigenvalue weighted by Gasteiger charge is -2.05. The molecule has 0 amide bonds. The van der Waals surface area contributed by atoms with E-state index in [0.717, 1.165) is 11.3 Å². The van der Waals surface area contributed by atoms with Gasteiger partial charge in [0.1, 0.15) is 10.7 Å². The van der Waals surface area contributed by atoms with Gasteiger partial charge in [0, 0.05) is 17.8 Å². The minimum absolute atomic E-state index is 0.577. The highest BCUT2D eigenvalue weighted by Crippen LogP contribution is 2.23. The molecule has 0 saturated heterocycles. The third kappa shape index (κ3) is 2.40. The van der Waals surface area contributed by atoms with E-state index in [1.54, 1.807) is 17.1 Å². The number of carbonyl (C=O) groups is 1. The average molecular weight is 283 g/mol. The zero-order valence-corrected chi connectivity index (χ0v) is 11.8. The van der Waals surface area contributed by atoms with Crippen LogP contribution in [0.5, 0.6) is 0 Å². The van der Waals surface area contributed by atoms with Gasteiger partial charge >= 0.3 is 0 Å². The molecule has 0 aliphatic heterocycles. The lowest BCUT2D eigenvalue weighted by Crippen LogP contribution is -2.02. The number of aryl methyl sites for hydroxylation is 1. The molecule has 0 aliphatic rings. The summed E-state index contributed by atoms with van der Waals surface area (Å²) in [6, 6.07) is 8.16. The Balaban J connectivity index is 1.96. The lowest BCUT2D eigenvalue weighted by atomic mass is 10.1. The van der Waals surface area contributed by atoms with Crippen LogP contribution in [0.15, 0.2) is 42.0 Å². The van der Waals surface area contributed by atoms with E-state index in [4.69, 9.17) is 0 Å². The van der Waals surface area contributed by atoms with Gasteiger partial charge in [-0.15, -0.1) is 11.3 Å². The second-order valence-electron chi connectivity index (χ2n) is 4.51. The predicted molar refractivity (Wildman–Crippen MR) is 79.0 cm³/mol. The Kier molecular flexibility index (Phi) is 3.43. The average Bonchev–Trinajstić information content (AvgIpc) is 3.09. The number of rotatable bonds is 4. The molecule has 0 fully saturated rings. The molecule has 0 aliphatic carbocycles. The van der Waals surface area contributed by atoms with Crippen molar-refractivity contribution in [1.29, 1.82) is 0 Å². The molecule has 3 aromatic rings. The van der Waals surface area contributed by atoms with E-state index in [1.165, 1.54) is 22.5 Å². The maximum atomic E-state index is 11.2. The van der Waals surface area contributed by atoms with Gasteiger partial charge in [-0.3, -0.25) is 9.48 Å². The summed E-state index contributed by atoms with van der Waals surface area (Å²) in [5.74, 6) is 0. The fourth-order valence-corrected chi connectivity index (χ4v) is 2.72. The molecular formula is C15H13N3OS. The quantitative estimate of drug-likeness (QED) is 0.691. The molecule has 0 bridgehead atoms. The van der Waals surface area contributed by atoms with Gasteiger partial charge in [-0.1, -0.05) is 24.3 Å². The maximum absolute atomic E-state index is 11.2. The van der Waals surface area contributed by atoms with E-state index in [-0.39, 0.29) is 0 Å². The van der Waals surface area contributed by atoms with E-state index in [2.05, 4.69) is 29.1 Å². The van der Waals surface area contributed by atoms with Gasteiger partial charge in [-0.2, -0.15) is 5.10 Å². The fraction of sp³-hybridized carbons (Fsp3) is 0.133. The van der Waals surface area contributed by atoms with Crippen LogP contribution < -0.4 is 0 Å². The van der Waals surface area contributed by atoms with E-state index in [9.17, 15) is 4.79 Å². The van der Waals surface area contributed by atoms with Gasteiger partial charge in [0.2, 0.25) is 0 Å². The van der Waals surface area contributed by atoms with Crippen LogP contribution >= 0.6 is 11.3 Å². The van der Waals surface area contributed by atoms with Crippen LogP contribution in [-0.2, 0) is 6.54 Å². The molecule has 0 atom stereocenters. The van der Waals surface area contributed by atoms with Crippen LogP contribution in [0.2, 0.25) is 0 Å². The van der Waals surface area contributed by atoms with Crippen molar-refractivity contribution in [1.82, 2.24) is 14.8 Å². The van der Waals surface area contributed by atoms with Crippen molar-refractivity contribution in [2.24, 2.45) is 0 Å². The highest BCUT2D eigenvalue weighted by Gasteiger charge is 2.13. The van der Waals surface area contributed by atoms with Crippen LogP contribution in [0.1, 0.15) is 21.5 Å². The minimum Gasteiger partial charge on any atom is -0.298 e. The Morgan fingerprint density at radius 2 is 2.20 bits per heavy atom. The molecule has 4 nitrogen and oxygen atoms in total. The van der Waals surface area contributed by atoms with Crippen LogP contribution in [0.4, 0.5) is 0 Å². The molecule has 2 aromatic heterocycles. The number of carbonyl (C=O) groups excluding carboxylic acids is 1. The Morgan fingerprint density at radius 1 is 1.35 bits per heavy atom. The van der Waals surface area contributed by atoms with Gasteiger partial charge < -0.3 is 0 Å². The summed E-state index contributed by atoms with van der Waals surface area (Å²) >= 11 is 1.48.